The zero-order valence-electron chi connectivity index (χ0n) is 16.5. The first kappa shape index (κ1) is 22.8. The number of rotatable bonds is 7. The first-order chi connectivity index (χ1) is 11.5. The Morgan fingerprint density at radius 3 is 2.12 bits per heavy atom. The van der Waals surface area contributed by atoms with Gasteiger partial charge in [0, 0.05) is 0 Å². The van der Waals surface area contributed by atoms with E-state index in [1.807, 2.05) is 20.8 Å². The van der Waals surface area contributed by atoms with Crippen LogP contribution in [-0.4, -0.2) is 29.4 Å². The van der Waals surface area contributed by atoms with Crippen molar-refractivity contribution in [2.45, 2.75) is 73.5 Å². The molecule has 0 bridgehead atoms. The van der Waals surface area contributed by atoms with Crippen molar-refractivity contribution < 1.29 is 19.1 Å². The summed E-state index contributed by atoms with van der Waals surface area (Å²) in [6.45, 7) is 16.8. The lowest BCUT2D eigenvalue weighted by molar-refractivity contribution is 0.0596. The highest BCUT2D eigenvalue weighted by Gasteiger charge is 2.22. The van der Waals surface area contributed by atoms with Crippen LogP contribution in [0.15, 0.2) is 35.6 Å². The summed E-state index contributed by atoms with van der Waals surface area (Å²) in [6, 6.07) is 0. The van der Waals surface area contributed by atoms with Crippen molar-refractivity contribution >= 4 is 12.2 Å². The number of nitrogens with zero attached hydrogens (tertiary/aromatic N) is 1. The summed E-state index contributed by atoms with van der Waals surface area (Å²) in [4.78, 5) is 24.1. The lowest BCUT2D eigenvalue weighted by atomic mass is 10.1. The smallest absolute Gasteiger partial charge is 0.433 e. The van der Waals surface area contributed by atoms with Crippen LogP contribution in [0.5, 0.6) is 0 Å². The number of carbonyl (C=O) groups is 2. The van der Waals surface area contributed by atoms with Crippen LogP contribution in [0, 0.1) is 0 Å². The normalized spacial score (nSPS) is 11.2. The maximum absolute atomic E-state index is 12.2. The standard InChI is InChI=1S/C19H32N2O4/c1-13(2)10-9-11-16(7)12-17(8)21(19(23)25-15(5)6)20-18(22)24-14(3)4/h10,12,14-15H,8-9,11H2,1-7H3,(H,20,22)/b16-12+. The Morgan fingerprint density at radius 2 is 1.64 bits per heavy atom. The summed E-state index contributed by atoms with van der Waals surface area (Å²) in [5, 5.41) is 0.967. The Kier molecular flexibility index (Phi) is 10.3. The second kappa shape index (κ2) is 11.3. The molecule has 6 heteroatoms. The van der Waals surface area contributed by atoms with Crippen molar-refractivity contribution in [2.24, 2.45) is 0 Å². The van der Waals surface area contributed by atoms with Crippen LogP contribution in [0.4, 0.5) is 9.59 Å². The second-order valence-corrected chi connectivity index (χ2v) is 6.64. The summed E-state index contributed by atoms with van der Waals surface area (Å²) in [5.74, 6) is 0. The van der Waals surface area contributed by atoms with Gasteiger partial charge in [0.1, 0.15) is 0 Å². The van der Waals surface area contributed by atoms with E-state index in [2.05, 4.69) is 18.1 Å². The fraction of sp³-hybridized carbons (Fsp3) is 0.579. The zero-order chi connectivity index (χ0) is 19.6. The predicted molar refractivity (Wildman–Crippen MR) is 99.8 cm³/mol. The van der Waals surface area contributed by atoms with Crippen molar-refractivity contribution in [3.63, 3.8) is 0 Å². The monoisotopic (exact) mass is 352 g/mol. The topological polar surface area (TPSA) is 67.9 Å². The number of hydrogen-bond acceptors (Lipinski definition) is 4. The molecule has 0 aromatic rings. The van der Waals surface area contributed by atoms with E-state index in [4.69, 9.17) is 9.47 Å². The molecular weight excluding hydrogens is 320 g/mol. The third-order valence-corrected chi connectivity index (χ3v) is 2.86. The molecule has 6 nitrogen and oxygen atoms in total. The number of allylic oxidation sites excluding steroid dienone is 4. The summed E-state index contributed by atoms with van der Waals surface area (Å²) in [6.07, 6.45) is 3.52. The van der Waals surface area contributed by atoms with Crippen LogP contribution in [0.1, 0.15) is 61.3 Å². The SMILES string of the molecule is C=C(/C=C(\C)CCC=C(C)C)N(NC(=O)OC(C)C)C(=O)OC(C)C. The number of hydrazine groups is 1. The van der Waals surface area contributed by atoms with Crippen molar-refractivity contribution in [1.82, 2.24) is 10.4 Å². The van der Waals surface area contributed by atoms with Gasteiger partial charge >= 0.3 is 12.2 Å². The van der Waals surface area contributed by atoms with Gasteiger partial charge in [0.05, 0.1) is 17.9 Å². The predicted octanol–water partition coefficient (Wildman–Crippen LogP) is 5.09. The highest BCUT2D eigenvalue weighted by Crippen LogP contribution is 2.13. The summed E-state index contributed by atoms with van der Waals surface area (Å²) in [7, 11) is 0. The molecule has 0 aliphatic heterocycles. The lowest BCUT2D eigenvalue weighted by Gasteiger charge is -2.24. The number of hydrogen-bond donors (Lipinski definition) is 1. The highest BCUT2D eigenvalue weighted by molar-refractivity contribution is 5.76. The van der Waals surface area contributed by atoms with Gasteiger partial charge in [-0.2, -0.15) is 5.01 Å². The van der Waals surface area contributed by atoms with Gasteiger partial charge in [0.25, 0.3) is 0 Å². The molecule has 0 aliphatic rings. The van der Waals surface area contributed by atoms with Crippen LogP contribution < -0.4 is 5.43 Å². The third-order valence-electron chi connectivity index (χ3n) is 2.86. The summed E-state index contributed by atoms with van der Waals surface area (Å²) < 4.78 is 10.2. The molecule has 0 aliphatic carbocycles. The molecule has 2 amide bonds. The molecule has 0 spiro atoms. The fourth-order valence-corrected chi connectivity index (χ4v) is 1.83. The molecule has 1 N–H and O–H groups in total. The molecule has 0 saturated carbocycles. The van der Waals surface area contributed by atoms with Gasteiger partial charge < -0.3 is 9.47 Å². The molecule has 142 valence electrons. The molecule has 25 heavy (non-hydrogen) atoms. The molecule has 0 radical (unpaired) electrons. The van der Waals surface area contributed by atoms with Gasteiger partial charge in [-0.3, -0.25) is 0 Å². The number of nitrogens with one attached hydrogen (secondary N) is 1. The first-order valence-corrected chi connectivity index (χ1v) is 8.50. The summed E-state index contributed by atoms with van der Waals surface area (Å²) >= 11 is 0. The Bertz CT molecular complexity index is 530. The minimum Gasteiger partial charge on any atom is -0.446 e. The zero-order valence-corrected chi connectivity index (χ0v) is 16.5. The third kappa shape index (κ3) is 11.0. The molecule has 0 aromatic carbocycles. The molecule has 0 aromatic heterocycles. The van der Waals surface area contributed by atoms with Crippen molar-refractivity contribution in [3.8, 4) is 0 Å². The maximum atomic E-state index is 12.2. The number of ether oxygens (including phenoxy) is 2. The largest absolute Gasteiger partial charge is 0.446 e. The van der Waals surface area contributed by atoms with Crippen LogP contribution in [0.25, 0.3) is 0 Å². The van der Waals surface area contributed by atoms with E-state index in [0.29, 0.717) is 5.70 Å². The summed E-state index contributed by atoms with van der Waals surface area (Å²) in [5.41, 5.74) is 4.97. The van der Waals surface area contributed by atoms with Crippen LogP contribution in [0.2, 0.25) is 0 Å². The van der Waals surface area contributed by atoms with Crippen LogP contribution >= 0.6 is 0 Å². The van der Waals surface area contributed by atoms with Crippen molar-refractivity contribution in [2.75, 3.05) is 0 Å². The van der Waals surface area contributed by atoms with Crippen LogP contribution in [-0.2, 0) is 9.47 Å². The van der Waals surface area contributed by atoms with Gasteiger partial charge in [-0.1, -0.05) is 23.8 Å². The van der Waals surface area contributed by atoms with E-state index in [1.54, 1.807) is 33.8 Å². The fourth-order valence-electron chi connectivity index (χ4n) is 1.83. The Labute approximate surface area is 151 Å². The van der Waals surface area contributed by atoms with E-state index in [9.17, 15) is 9.59 Å². The van der Waals surface area contributed by atoms with E-state index in [1.165, 1.54) is 5.57 Å². The van der Waals surface area contributed by atoms with Gasteiger partial charge in [-0.05, 0) is 67.4 Å². The first-order valence-electron chi connectivity index (χ1n) is 8.50. The maximum Gasteiger partial charge on any atom is 0.433 e. The second-order valence-electron chi connectivity index (χ2n) is 6.64. The molecule has 0 heterocycles. The average molecular weight is 352 g/mol. The Balaban J connectivity index is 5.10. The Morgan fingerprint density at radius 1 is 1.08 bits per heavy atom. The van der Waals surface area contributed by atoms with Gasteiger partial charge in [0.2, 0.25) is 0 Å². The van der Waals surface area contributed by atoms with E-state index < -0.39 is 12.2 Å². The highest BCUT2D eigenvalue weighted by atomic mass is 16.6. The molecule has 0 atom stereocenters. The molecule has 0 fully saturated rings. The van der Waals surface area contributed by atoms with Gasteiger partial charge in [0.15, 0.2) is 0 Å². The van der Waals surface area contributed by atoms with Crippen LogP contribution in [0.3, 0.4) is 0 Å². The van der Waals surface area contributed by atoms with Gasteiger partial charge in [-0.15, -0.1) is 0 Å². The lowest BCUT2D eigenvalue weighted by Crippen LogP contribution is -2.46. The average Bonchev–Trinajstić information content (AvgIpc) is 2.42. The minimum atomic E-state index is -0.743. The Hall–Kier alpha value is -2.24. The van der Waals surface area contributed by atoms with E-state index >= 15 is 0 Å². The molecule has 0 rings (SSSR count). The molecular formula is C19H32N2O4. The van der Waals surface area contributed by atoms with Crippen molar-refractivity contribution in [1.29, 1.82) is 0 Å². The molecule has 0 saturated heterocycles. The number of carbonyl (C=O) groups excluding carboxylic acids is 2. The minimum absolute atomic E-state index is 0.307. The van der Waals surface area contributed by atoms with Crippen molar-refractivity contribution in [3.05, 3.63) is 35.6 Å². The van der Waals surface area contributed by atoms with E-state index in [0.717, 1.165) is 23.4 Å². The quantitative estimate of drug-likeness (QED) is 0.394. The van der Waals surface area contributed by atoms with Gasteiger partial charge in [-0.25, -0.2) is 15.0 Å². The van der Waals surface area contributed by atoms with E-state index in [-0.39, 0.29) is 12.2 Å². The molecule has 0 unspecified atom stereocenters. The number of amides is 2.